The maximum atomic E-state index is 12.3. The molecule has 0 fully saturated rings. The standard InChI is InChI=1S/C20H22N4O2/c1-13-4-7-16(8-5-13)19(25)12-24-11-18(22-23-24)20(26)21-17-9-6-14(2)15(3)10-17/h4-11,19,25H,12H2,1-3H3,(H,21,26)/t19-/m0/s1. The molecule has 0 aliphatic rings. The lowest BCUT2D eigenvalue weighted by Gasteiger charge is -2.10. The van der Waals surface area contributed by atoms with Crippen LogP contribution in [0.15, 0.2) is 48.7 Å². The Morgan fingerprint density at radius 3 is 2.54 bits per heavy atom. The molecular weight excluding hydrogens is 328 g/mol. The Balaban J connectivity index is 1.65. The minimum Gasteiger partial charge on any atom is -0.386 e. The van der Waals surface area contributed by atoms with Crippen LogP contribution < -0.4 is 5.32 Å². The Morgan fingerprint density at radius 1 is 1.12 bits per heavy atom. The van der Waals surface area contributed by atoms with Crippen LogP contribution in [-0.2, 0) is 6.54 Å². The number of aromatic nitrogens is 3. The van der Waals surface area contributed by atoms with Gasteiger partial charge in [-0.25, -0.2) is 4.68 Å². The van der Waals surface area contributed by atoms with E-state index in [1.807, 2.05) is 63.2 Å². The van der Waals surface area contributed by atoms with Crippen molar-refractivity contribution >= 4 is 11.6 Å². The minimum atomic E-state index is -0.715. The molecule has 2 N–H and O–H groups in total. The summed E-state index contributed by atoms with van der Waals surface area (Å²) in [5, 5.41) is 21.0. The zero-order valence-electron chi connectivity index (χ0n) is 15.1. The number of nitrogens with zero attached hydrogens (tertiary/aromatic N) is 3. The second kappa shape index (κ2) is 7.49. The smallest absolute Gasteiger partial charge is 0.277 e. The maximum Gasteiger partial charge on any atom is 0.277 e. The lowest BCUT2D eigenvalue weighted by atomic mass is 10.1. The molecule has 0 saturated heterocycles. The van der Waals surface area contributed by atoms with Gasteiger partial charge in [-0.2, -0.15) is 0 Å². The van der Waals surface area contributed by atoms with E-state index in [0.29, 0.717) is 5.69 Å². The summed E-state index contributed by atoms with van der Waals surface area (Å²) < 4.78 is 1.47. The van der Waals surface area contributed by atoms with Gasteiger partial charge in [-0.1, -0.05) is 41.1 Å². The Hall–Kier alpha value is -2.99. The molecule has 3 rings (SSSR count). The molecule has 0 spiro atoms. The van der Waals surface area contributed by atoms with E-state index >= 15 is 0 Å². The summed E-state index contributed by atoms with van der Waals surface area (Å²) in [6.45, 7) is 6.24. The fourth-order valence-corrected chi connectivity index (χ4v) is 2.58. The quantitative estimate of drug-likeness (QED) is 0.740. The first-order chi connectivity index (χ1) is 12.4. The molecule has 3 aromatic rings. The zero-order valence-corrected chi connectivity index (χ0v) is 15.1. The van der Waals surface area contributed by atoms with E-state index in [0.717, 1.165) is 16.7 Å². The van der Waals surface area contributed by atoms with Crippen LogP contribution in [-0.4, -0.2) is 26.0 Å². The van der Waals surface area contributed by atoms with Crippen molar-refractivity contribution in [2.24, 2.45) is 0 Å². The van der Waals surface area contributed by atoms with Crippen LogP contribution in [0.25, 0.3) is 0 Å². The van der Waals surface area contributed by atoms with Crippen molar-refractivity contribution in [3.05, 3.63) is 76.6 Å². The van der Waals surface area contributed by atoms with E-state index in [1.54, 1.807) is 0 Å². The number of hydrogen-bond acceptors (Lipinski definition) is 4. The van der Waals surface area contributed by atoms with Gasteiger partial charge in [0, 0.05) is 5.69 Å². The van der Waals surface area contributed by atoms with Crippen molar-refractivity contribution in [1.82, 2.24) is 15.0 Å². The molecule has 6 nitrogen and oxygen atoms in total. The van der Waals surface area contributed by atoms with Crippen molar-refractivity contribution in [1.29, 1.82) is 0 Å². The van der Waals surface area contributed by atoms with E-state index < -0.39 is 6.10 Å². The number of amides is 1. The third-order valence-corrected chi connectivity index (χ3v) is 4.36. The number of aryl methyl sites for hydroxylation is 3. The van der Waals surface area contributed by atoms with Gasteiger partial charge in [-0.3, -0.25) is 4.79 Å². The average Bonchev–Trinajstić information content (AvgIpc) is 3.07. The van der Waals surface area contributed by atoms with Gasteiger partial charge in [0.1, 0.15) is 0 Å². The van der Waals surface area contributed by atoms with Gasteiger partial charge in [0.2, 0.25) is 0 Å². The second-order valence-corrected chi connectivity index (χ2v) is 6.51. The van der Waals surface area contributed by atoms with Gasteiger partial charge in [-0.05, 0) is 49.6 Å². The fourth-order valence-electron chi connectivity index (χ4n) is 2.58. The summed E-state index contributed by atoms with van der Waals surface area (Å²) >= 11 is 0. The predicted octanol–water partition coefficient (Wildman–Crippen LogP) is 3.19. The summed E-state index contributed by atoms with van der Waals surface area (Å²) in [4.78, 5) is 12.3. The molecule has 0 aliphatic carbocycles. The molecule has 6 heteroatoms. The predicted molar refractivity (Wildman–Crippen MR) is 100 cm³/mol. The molecule has 0 radical (unpaired) electrons. The van der Waals surface area contributed by atoms with Gasteiger partial charge in [-0.15, -0.1) is 5.10 Å². The number of benzene rings is 2. The van der Waals surface area contributed by atoms with Crippen LogP contribution >= 0.6 is 0 Å². The Morgan fingerprint density at radius 2 is 1.85 bits per heavy atom. The lowest BCUT2D eigenvalue weighted by Crippen LogP contribution is -2.13. The highest BCUT2D eigenvalue weighted by molar-refractivity contribution is 6.02. The van der Waals surface area contributed by atoms with E-state index in [9.17, 15) is 9.90 Å². The number of carbonyl (C=O) groups is 1. The van der Waals surface area contributed by atoms with Crippen molar-refractivity contribution in [2.75, 3.05) is 5.32 Å². The number of nitrogens with one attached hydrogen (secondary N) is 1. The lowest BCUT2D eigenvalue weighted by molar-refractivity contribution is 0.102. The Bertz CT molecular complexity index is 916. The largest absolute Gasteiger partial charge is 0.386 e. The topological polar surface area (TPSA) is 80.0 Å². The third kappa shape index (κ3) is 4.15. The molecule has 1 amide bonds. The van der Waals surface area contributed by atoms with Crippen LogP contribution in [0.3, 0.4) is 0 Å². The molecule has 26 heavy (non-hydrogen) atoms. The van der Waals surface area contributed by atoms with Gasteiger partial charge in [0.15, 0.2) is 5.69 Å². The van der Waals surface area contributed by atoms with Crippen LogP contribution in [0.4, 0.5) is 5.69 Å². The molecule has 134 valence electrons. The van der Waals surface area contributed by atoms with Crippen molar-refractivity contribution in [2.45, 2.75) is 33.4 Å². The fraction of sp³-hybridized carbons (Fsp3) is 0.250. The highest BCUT2D eigenvalue weighted by atomic mass is 16.3. The average molecular weight is 350 g/mol. The molecule has 0 saturated carbocycles. The van der Waals surface area contributed by atoms with E-state index in [1.165, 1.54) is 16.4 Å². The molecule has 1 heterocycles. The third-order valence-electron chi connectivity index (χ3n) is 4.36. The van der Waals surface area contributed by atoms with Gasteiger partial charge >= 0.3 is 0 Å². The molecule has 0 bridgehead atoms. The molecule has 0 unspecified atom stereocenters. The molecule has 2 aromatic carbocycles. The number of hydrogen-bond donors (Lipinski definition) is 2. The van der Waals surface area contributed by atoms with E-state index in [-0.39, 0.29) is 18.1 Å². The van der Waals surface area contributed by atoms with Gasteiger partial charge < -0.3 is 10.4 Å². The van der Waals surface area contributed by atoms with Crippen LogP contribution in [0.5, 0.6) is 0 Å². The second-order valence-electron chi connectivity index (χ2n) is 6.51. The zero-order chi connectivity index (χ0) is 18.7. The highest BCUT2D eigenvalue weighted by Crippen LogP contribution is 2.17. The van der Waals surface area contributed by atoms with Crippen molar-refractivity contribution in [3.8, 4) is 0 Å². The summed E-state index contributed by atoms with van der Waals surface area (Å²) in [6, 6.07) is 13.4. The SMILES string of the molecule is Cc1ccc([C@@H](O)Cn2cc(C(=O)Nc3ccc(C)c(C)c3)nn2)cc1. The van der Waals surface area contributed by atoms with E-state index in [4.69, 9.17) is 0 Å². The summed E-state index contributed by atoms with van der Waals surface area (Å²) in [7, 11) is 0. The molecule has 0 aliphatic heterocycles. The number of anilines is 1. The monoisotopic (exact) mass is 350 g/mol. The van der Waals surface area contributed by atoms with E-state index in [2.05, 4.69) is 15.6 Å². The number of aliphatic hydroxyl groups excluding tert-OH is 1. The number of rotatable bonds is 5. The first-order valence-electron chi connectivity index (χ1n) is 8.46. The minimum absolute atomic E-state index is 0.208. The molecular formula is C20H22N4O2. The number of aliphatic hydroxyl groups is 1. The van der Waals surface area contributed by atoms with Crippen LogP contribution in [0.2, 0.25) is 0 Å². The summed E-state index contributed by atoms with van der Waals surface area (Å²) in [5.74, 6) is -0.329. The van der Waals surface area contributed by atoms with Gasteiger partial charge in [0.05, 0.1) is 18.8 Å². The normalized spacial score (nSPS) is 12.0. The first-order valence-corrected chi connectivity index (χ1v) is 8.46. The van der Waals surface area contributed by atoms with Crippen molar-refractivity contribution in [3.63, 3.8) is 0 Å². The Kier molecular flexibility index (Phi) is 5.14. The number of carbonyl (C=O) groups excluding carboxylic acids is 1. The first kappa shape index (κ1) is 17.8. The summed E-state index contributed by atoms with van der Waals surface area (Å²) in [6.07, 6.45) is 0.821. The maximum absolute atomic E-state index is 12.3. The van der Waals surface area contributed by atoms with Crippen LogP contribution in [0, 0.1) is 20.8 Å². The highest BCUT2D eigenvalue weighted by Gasteiger charge is 2.14. The summed E-state index contributed by atoms with van der Waals surface area (Å²) in [5.41, 5.74) is 5.12. The van der Waals surface area contributed by atoms with Gasteiger partial charge in [0.25, 0.3) is 5.91 Å². The van der Waals surface area contributed by atoms with Crippen molar-refractivity contribution < 1.29 is 9.90 Å². The Labute approximate surface area is 152 Å². The van der Waals surface area contributed by atoms with Crippen LogP contribution in [0.1, 0.15) is 38.8 Å². The molecule has 1 atom stereocenters. The molecule has 1 aromatic heterocycles.